The fourth-order valence-corrected chi connectivity index (χ4v) is 3.10. The molecule has 2 saturated heterocycles. The first kappa shape index (κ1) is 15.0. The largest absolute Gasteiger partial charge is 0.394 e. The standard InChI is InChI=1S/C16H21N3O3/c1-10-2-4-11(5-3-10)7-17-12-6-14-15(21)18-13(9-20)16(22)19(14)8-12/h2-5,12-14,17,20H,6-9H2,1H3,(H,18,21)/t12-,13+,14-/m0/s1. The Hall–Kier alpha value is -1.92. The maximum atomic E-state index is 12.2. The highest BCUT2D eigenvalue weighted by Gasteiger charge is 2.45. The summed E-state index contributed by atoms with van der Waals surface area (Å²) in [6, 6.07) is 7.17. The van der Waals surface area contributed by atoms with Crippen molar-refractivity contribution in [2.75, 3.05) is 13.2 Å². The molecule has 3 rings (SSSR count). The lowest BCUT2D eigenvalue weighted by atomic mass is 10.1. The Morgan fingerprint density at radius 1 is 1.32 bits per heavy atom. The Bertz CT molecular complexity index is 573. The minimum atomic E-state index is -0.792. The molecule has 2 heterocycles. The molecule has 0 radical (unpaired) electrons. The normalized spacial score (nSPS) is 27.7. The van der Waals surface area contributed by atoms with Crippen molar-refractivity contribution in [1.29, 1.82) is 0 Å². The molecule has 2 aliphatic heterocycles. The third-order valence-corrected chi connectivity index (χ3v) is 4.40. The first-order chi connectivity index (χ1) is 10.6. The Morgan fingerprint density at radius 2 is 2.05 bits per heavy atom. The average Bonchev–Trinajstić information content (AvgIpc) is 2.95. The first-order valence-electron chi connectivity index (χ1n) is 7.59. The number of aliphatic hydroxyl groups excluding tert-OH is 1. The van der Waals surface area contributed by atoms with Crippen LogP contribution in [0.15, 0.2) is 24.3 Å². The number of hydrogen-bond donors (Lipinski definition) is 3. The Labute approximate surface area is 129 Å². The van der Waals surface area contributed by atoms with Crippen molar-refractivity contribution in [3.63, 3.8) is 0 Å². The molecular formula is C16H21N3O3. The summed E-state index contributed by atoms with van der Waals surface area (Å²) >= 11 is 0. The molecule has 3 atom stereocenters. The summed E-state index contributed by atoms with van der Waals surface area (Å²) < 4.78 is 0. The Kier molecular flexibility index (Phi) is 4.13. The van der Waals surface area contributed by atoms with Crippen molar-refractivity contribution in [3.8, 4) is 0 Å². The van der Waals surface area contributed by atoms with Gasteiger partial charge in [-0.15, -0.1) is 0 Å². The molecule has 2 fully saturated rings. The van der Waals surface area contributed by atoms with Crippen LogP contribution in [-0.2, 0) is 16.1 Å². The van der Waals surface area contributed by atoms with Crippen LogP contribution in [0.25, 0.3) is 0 Å². The van der Waals surface area contributed by atoms with Crippen molar-refractivity contribution in [2.45, 2.75) is 38.0 Å². The predicted octanol–water partition coefficient (Wildman–Crippen LogP) is -0.455. The molecule has 3 N–H and O–H groups in total. The van der Waals surface area contributed by atoms with E-state index in [0.717, 1.165) is 0 Å². The third kappa shape index (κ3) is 2.84. The van der Waals surface area contributed by atoms with Gasteiger partial charge in [0.2, 0.25) is 11.8 Å². The van der Waals surface area contributed by atoms with Crippen LogP contribution in [0.5, 0.6) is 0 Å². The third-order valence-electron chi connectivity index (χ3n) is 4.40. The van der Waals surface area contributed by atoms with Crippen LogP contribution in [0.3, 0.4) is 0 Å². The second kappa shape index (κ2) is 6.06. The van der Waals surface area contributed by atoms with Crippen LogP contribution in [0.1, 0.15) is 17.5 Å². The molecule has 0 spiro atoms. The van der Waals surface area contributed by atoms with Gasteiger partial charge < -0.3 is 20.6 Å². The zero-order valence-electron chi connectivity index (χ0n) is 12.6. The molecule has 118 valence electrons. The number of amides is 2. The highest BCUT2D eigenvalue weighted by atomic mass is 16.3. The van der Waals surface area contributed by atoms with E-state index in [1.807, 2.05) is 6.92 Å². The molecule has 6 nitrogen and oxygen atoms in total. The van der Waals surface area contributed by atoms with Gasteiger partial charge >= 0.3 is 0 Å². The van der Waals surface area contributed by atoms with Crippen LogP contribution in [0.2, 0.25) is 0 Å². The van der Waals surface area contributed by atoms with Gasteiger partial charge in [0.05, 0.1) is 6.61 Å². The average molecular weight is 303 g/mol. The van der Waals surface area contributed by atoms with Crippen molar-refractivity contribution in [1.82, 2.24) is 15.5 Å². The van der Waals surface area contributed by atoms with Crippen LogP contribution in [-0.4, -0.2) is 53.1 Å². The minimum absolute atomic E-state index is 0.0958. The summed E-state index contributed by atoms with van der Waals surface area (Å²) in [4.78, 5) is 25.8. The lowest BCUT2D eigenvalue weighted by Crippen LogP contribution is -2.62. The van der Waals surface area contributed by atoms with E-state index in [9.17, 15) is 9.59 Å². The number of piperazine rings is 1. The summed E-state index contributed by atoms with van der Waals surface area (Å²) in [7, 11) is 0. The SMILES string of the molecule is Cc1ccc(CN[C@H]2C[C@H]3C(=O)N[C@H](CO)C(=O)N3C2)cc1. The number of hydrogen-bond acceptors (Lipinski definition) is 4. The topological polar surface area (TPSA) is 81.7 Å². The second-order valence-electron chi connectivity index (χ2n) is 6.05. The molecule has 1 aromatic rings. The fraction of sp³-hybridized carbons (Fsp3) is 0.500. The van der Waals surface area contributed by atoms with E-state index in [1.54, 1.807) is 4.90 Å². The van der Waals surface area contributed by atoms with Crippen LogP contribution in [0, 0.1) is 6.92 Å². The molecule has 6 heteroatoms. The van der Waals surface area contributed by atoms with Crippen molar-refractivity contribution >= 4 is 11.8 Å². The van der Waals surface area contributed by atoms with E-state index < -0.39 is 12.1 Å². The van der Waals surface area contributed by atoms with Crippen molar-refractivity contribution in [3.05, 3.63) is 35.4 Å². The summed E-state index contributed by atoms with van der Waals surface area (Å²) in [5, 5.41) is 15.2. The molecule has 0 bridgehead atoms. The minimum Gasteiger partial charge on any atom is -0.394 e. The maximum Gasteiger partial charge on any atom is 0.248 e. The van der Waals surface area contributed by atoms with E-state index in [2.05, 4.69) is 34.9 Å². The number of carbonyl (C=O) groups is 2. The molecular weight excluding hydrogens is 282 g/mol. The van der Waals surface area contributed by atoms with Gasteiger partial charge in [0.25, 0.3) is 0 Å². The number of benzene rings is 1. The van der Waals surface area contributed by atoms with E-state index >= 15 is 0 Å². The van der Waals surface area contributed by atoms with Gasteiger partial charge in [-0.2, -0.15) is 0 Å². The summed E-state index contributed by atoms with van der Waals surface area (Å²) in [5.74, 6) is -0.356. The molecule has 2 amide bonds. The molecule has 1 aromatic carbocycles. The highest BCUT2D eigenvalue weighted by molar-refractivity contribution is 5.97. The van der Waals surface area contributed by atoms with Crippen LogP contribution < -0.4 is 10.6 Å². The van der Waals surface area contributed by atoms with E-state index in [0.29, 0.717) is 19.5 Å². The first-order valence-corrected chi connectivity index (χ1v) is 7.59. The van der Waals surface area contributed by atoms with Gasteiger partial charge in [-0.05, 0) is 18.9 Å². The molecule has 0 unspecified atom stereocenters. The van der Waals surface area contributed by atoms with Gasteiger partial charge in [-0.3, -0.25) is 9.59 Å². The van der Waals surface area contributed by atoms with E-state index in [1.165, 1.54) is 11.1 Å². The Balaban J connectivity index is 1.60. The zero-order valence-corrected chi connectivity index (χ0v) is 12.6. The lowest BCUT2D eigenvalue weighted by molar-refractivity contribution is -0.148. The van der Waals surface area contributed by atoms with Gasteiger partial charge in [0, 0.05) is 19.1 Å². The number of aryl methyl sites for hydroxylation is 1. The van der Waals surface area contributed by atoms with Crippen LogP contribution >= 0.6 is 0 Å². The zero-order chi connectivity index (χ0) is 15.7. The molecule has 0 aromatic heterocycles. The second-order valence-corrected chi connectivity index (χ2v) is 6.05. The smallest absolute Gasteiger partial charge is 0.248 e. The quantitative estimate of drug-likeness (QED) is 0.703. The summed E-state index contributed by atoms with van der Waals surface area (Å²) in [5.41, 5.74) is 2.40. The lowest BCUT2D eigenvalue weighted by Gasteiger charge is -2.33. The fourth-order valence-electron chi connectivity index (χ4n) is 3.10. The summed E-state index contributed by atoms with van der Waals surface area (Å²) in [6.07, 6.45) is 0.613. The number of carbonyl (C=O) groups excluding carboxylic acids is 2. The van der Waals surface area contributed by atoms with Crippen molar-refractivity contribution < 1.29 is 14.7 Å². The molecule has 0 aliphatic carbocycles. The number of nitrogens with zero attached hydrogens (tertiary/aromatic N) is 1. The van der Waals surface area contributed by atoms with E-state index in [-0.39, 0.29) is 24.5 Å². The van der Waals surface area contributed by atoms with Gasteiger partial charge in [-0.1, -0.05) is 29.8 Å². The number of rotatable bonds is 4. The molecule has 22 heavy (non-hydrogen) atoms. The summed E-state index contributed by atoms with van der Waals surface area (Å²) in [6.45, 7) is 2.92. The molecule has 0 saturated carbocycles. The number of aliphatic hydroxyl groups is 1. The van der Waals surface area contributed by atoms with Crippen molar-refractivity contribution in [2.24, 2.45) is 0 Å². The monoisotopic (exact) mass is 303 g/mol. The number of fused-ring (bicyclic) bond motifs is 1. The van der Waals surface area contributed by atoms with Crippen LogP contribution in [0.4, 0.5) is 0 Å². The highest BCUT2D eigenvalue weighted by Crippen LogP contribution is 2.22. The predicted molar refractivity (Wildman–Crippen MR) is 80.9 cm³/mol. The van der Waals surface area contributed by atoms with Gasteiger partial charge in [-0.25, -0.2) is 0 Å². The molecule has 2 aliphatic rings. The Morgan fingerprint density at radius 3 is 2.73 bits per heavy atom. The van der Waals surface area contributed by atoms with Gasteiger partial charge in [0.15, 0.2) is 0 Å². The van der Waals surface area contributed by atoms with E-state index in [4.69, 9.17) is 5.11 Å². The van der Waals surface area contributed by atoms with Gasteiger partial charge in [0.1, 0.15) is 12.1 Å². The maximum absolute atomic E-state index is 12.2. The number of nitrogens with one attached hydrogen (secondary N) is 2.